The maximum absolute atomic E-state index is 12.1. The Labute approximate surface area is 158 Å². The highest BCUT2D eigenvalue weighted by atomic mass is 35.5. The maximum atomic E-state index is 12.1. The van der Waals surface area contributed by atoms with E-state index in [2.05, 4.69) is 5.32 Å². The highest BCUT2D eigenvalue weighted by Gasteiger charge is 2.10. The molecule has 1 amide bonds. The number of halogens is 2. The topological polar surface area (TPSA) is 68.5 Å². The molecule has 0 aliphatic carbocycles. The van der Waals surface area contributed by atoms with E-state index < -0.39 is 11.5 Å². The van der Waals surface area contributed by atoms with Crippen molar-refractivity contribution in [3.05, 3.63) is 74.6 Å². The molecule has 3 aromatic rings. The van der Waals surface area contributed by atoms with Crippen LogP contribution in [-0.4, -0.2) is 13.0 Å². The average molecular weight is 390 g/mol. The number of benzene rings is 2. The zero-order valence-corrected chi connectivity index (χ0v) is 15.1. The Hall–Kier alpha value is -2.76. The van der Waals surface area contributed by atoms with E-state index in [9.17, 15) is 9.59 Å². The van der Waals surface area contributed by atoms with Crippen LogP contribution in [0.5, 0.6) is 5.75 Å². The molecule has 26 heavy (non-hydrogen) atoms. The summed E-state index contributed by atoms with van der Waals surface area (Å²) in [5.41, 5.74) is 0.305. The predicted octanol–water partition coefficient (Wildman–Crippen LogP) is 4.76. The third-order valence-electron chi connectivity index (χ3n) is 3.58. The molecule has 1 N–H and O–H groups in total. The number of carbonyl (C=O) groups is 1. The molecular weight excluding hydrogens is 377 g/mol. The first-order valence-electron chi connectivity index (χ1n) is 7.53. The number of carbonyl (C=O) groups excluding carboxylic acids is 1. The van der Waals surface area contributed by atoms with Crippen molar-refractivity contribution < 1.29 is 13.9 Å². The lowest BCUT2D eigenvalue weighted by Gasteiger charge is -2.06. The molecule has 0 bridgehead atoms. The summed E-state index contributed by atoms with van der Waals surface area (Å²) in [6.07, 6.45) is 2.80. The largest absolute Gasteiger partial charge is 0.493 e. The fourth-order valence-corrected chi connectivity index (χ4v) is 2.81. The van der Waals surface area contributed by atoms with E-state index >= 15 is 0 Å². The van der Waals surface area contributed by atoms with E-state index in [4.69, 9.17) is 32.4 Å². The van der Waals surface area contributed by atoms with E-state index in [0.29, 0.717) is 32.3 Å². The molecule has 5 nitrogen and oxygen atoms in total. The van der Waals surface area contributed by atoms with Gasteiger partial charge in [0, 0.05) is 21.5 Å². The van der Waals surface area contributed by atoms with Crippen molar-refractivity contribution in [1.82, 2.24) is 0 Å². The van der Waals surface area contributed by atoms with Crippen LogP contribution in [0.4, 0.5) is 5.69 Å². The maximum Gasteiger partial charge on any atom is 0.360 e. The van der Waals surface area contributed by atoms with E-state index in [-0.39, 0.29) is 5.69 Å². The SMILES string of the molecule is COc1cccc2cc(NC(=O)/C=C/c3ccc(Cl)cc3Cl)c(=O)oc12. The lowest BCUT2D eigenvalue weighted by Crippen LogP contribution is -2.15. The van der Waals surface area contributed by atoms with Crippen LogP contribution in [0.2, 0.25) is 10.0 Å². The summed E-state index contributed by atoms with van der Waals surface area (Å²) in [5, 5.41) is 4.04. The van der Waals surface area contributed by atoms with Crippen molar-refractivity contribution in [2.75, 3.05) is 12.4 Å². The van der Waals surface area contributed by atoms with Gasteiger partial charge in [0.2, 0.25) is 5.91 Å². The molecule has 0 radical (unpaired) electrons. The number of hydrogen-bond acceptors (Lipinski definition) is 4. The molecule has 0 saturated heterocycles. The summed E-state index contributed by atoms with van der Waals surface area (Å²) in [7, 11) is 1.48. The lowest BCUT2D eigenvalue weighted by molar-refractivity contribution is -0.111. The summed E-state index contributed by atoms with van der Waals surface area (Å²) in [5.74, 6) is -0.0553. The number of rotatable bonds is 4. The van der Waals surface area contributed by atoms with E-state index in [1.54, 1.807) is 36.4 Å². The van der Waals surface area contributed by atoms with Crippen molar-refractivity contribution in [1.29, 1.82) is 0 Å². The fourth-order valence-electron chi connectivity index (χ4n) is 2.34. The minimum atomic E-state index is -0.673. The van der Waals surface area contributed by atoms with Crippen LogP contribution in [0.3, 0.4) is 0 Å². The lowest BCUT2D eigenvalue weighted by atomic mass is 10.2. The van der Waals surface area contributed by atoms with Crippen LogP contribution in [0.25, 0.3) is 17.0 Å². The van der Waals surface area contributed by atoms with Gasteiger partial charge in [-0.3, -0.25) is 4.79 Å². The number of ether oxygens (including phenoxy) is 1. The second-order valence-corrected chi connectivity index (χ2v) is 6.16. The van der Waals surface area contributed by atoms with Crippen LogP contribution in [0.1, 0.15) is 5.56 Å². The van der Waals surface area contributed by atoms with Crippen LogP contribution in [0, 0.1) is 0 Å². The Morgan fingerprint density at radius 1 is 1.19 bits per heavy atom. The molecule has 132 valence electrons. The molecule has 0 spiro atoms. The molecule has 0 fully saturated rings. The second kappa shape index (κ2) is 7.64. The minimum absolute atomic E-state index is 0.0302. The summed E-state index contributed by atoms with van der Waals surface area (Å²) in [6, 6.07) is 11.6. The molecule has 0 unspecified atom stereocenters. The van der Waals surface area contributed by atoms with Gasteiger partial charge < -0.3 is 14.5 Å². The molecule has 0 atom stereocenters. The fraction of sp³-hybridized carbons (Fsp3) is 0.0526. The molecule has 0 aliphatic heterocycles. The second-order valence-electron chi connectivity index (χ2n) is 5.31. The zero-order chi connectivity index (χ0) is 18.7. The molecule has 0 saturated carbocycles. The number of para-hydroxylation sites is 1. The van der Waals surface area contributed by atoms with Crippen molar-refractivity contribution in [3.63, 3.8) is 0 Å². The Morgan fingerprint density at radius 2 is 2.00 bits per heavy atom. The Balaban J connectivity index is 1.84. The number of hydrogen-bond donors (Lipinski definition) is 1. The van der Waals surface area contributed by atoms with E-state index in [1.807, 2.05) is 0 Å². The monoisotopic (exact) mass is 389 g/mol. The third kappa shape index (κ3) is 3.90. The zero-order valence-electron chi connectivity index (χ0n) is 13.6. The summed E-state index contributed by atoms with van der Waals surface area (Å²) in [6.45, 7) is 0. The summed E-state index contributed by atoms with van der Waals surface area (Å²) < 4.78 is 10.4. The highest BCUT2D eigenvalue weighted by Crippen LogP contribution is 2.25. The Kier molecular flexibility index (Phi) is 5.30. The molecule has 1 aromatic heterocycles. The minimum Gasteiger partial charge on any atom is -0.493 e. The average Bonchev–Trinajstić information content (AvgIpc) is 2.61. The number of fused-ring (bicyclic) bond motifs is 1. The highest BCUT2D eigenvalue weighted by molar-refractivity contribution is 6.35. The third-order valence-corrected chi connectivity index (χ3v) is 4.14. The standard InChI is InChI=1S/C19H13Cl2NO4/c1-25-16-4-2-3-12-9-15(19(24)26-18(12)16)22-17(23)8-6-11-5-7-13(20)10-14(11)21/h2-10H,1H3,(H,22,23)/b8-6+. The van der Waals surface area contributed by atoms with Crippen LogP contribution >= 0.6 is 23.2 Å². The van der Waals surface area contributed by atoms with Gasteiger partial charge in [0.15, 0.2) is 11.3 Å². The van der Waals surface area contributed by atoms with Gasteiger partial charge in [-0.1, -0.05) is 41.4 Å². The van der Waals surface area contributed by atoms with Gasteiger partial charge in [0.1, 0.15) is 5.69 Å². The summed E-state index contributed by atoms with van der Waals surface area (Å²) in [4.78, 5) is 24.2. The smallest absolute Gasteiger partial charge is 0.360 e. The van der Waals surface area contributed by atoms with Gasteiger partial charge in [0.25, 0.3) is 0 Å². The van der Waals surface area contributed by atoms with Crippen molar-refractivity contribution in [2.24, 2.45) is 0 Å². The van der Waals surface area contributed by atoms with E-state index in [1.165, 1.54) is 25.3 Å². The number of nitrogens with one attached hydrogen (secondary N) is 1. The van der Waals surface area contributed by atoms with Gasteiger partial charge in [-0.05, 0) is 35.9 Å². The normalized spacial score (nSPS) is 11.0. The van der Waals surface area contributed by atoms with Crippen LogP contribution < -0.4 is 15.7 Å². The van der Waals surface area contributed by atoms with Gasteiger partial charge >= 0.3 is 5.63 Å². The van der Waals surface area contributed by atoms with E-state index in [0.717, 1.165) is 0 Å². The summed E-state index contributed by atoms with van der Waals surface area (Å²) >= 11 is 11.9. The molecule has 3 rings (SSSR count). The van der Waals surface area contributed by atoms with Gasteiger partial charge in [0.05, 0.1) is 7.11 Å². The van der Waals surface area contributed by atoms with Gasteiger partial charge in [-0.15, -0.1) is 0 Å². The first-order valence-corrected chi connectivity index (χ1v) is 8.28. The Bertz CT molecular complexity index is 1070. The number of methoxy groups -OCH3 is 1. The molecule has 1 heterocycles. The number of amides is 1. The molecular formula is C19H13Cl2NO4. The van der Waals surface area contributed by atoms with Crippen molar-refractivity contribution in [3.8, 4) is 5.75 Å². The Morgan fingerprint density at radius 3 is 2.73 bits per heavy atom. The van der Waals surface area contributed by atoms with Crippen LogP contribution in [0.15, 0.2) is 57.8 Å². The quantitative estimate of drug-likeness (QED) is 0.515. The first-order chi connectivity index (χ1) is 12.5. The van der Waals surface area contributed by atoms with Crippen molar-refractivity contribution in [2.45, 2.75) is 0 Å². The molecule has 2 aromatic carbocycles. The molecule has 0 aliphatic rings. The van der Waals surface area contributed by atoms with Crippen molar-refractivity contribution >= 4 is 51.8 Å². The predicted molar refractivity (Wildman–Crippen MR) is 103 cm³/mol. The number of anilines is 1. The van der Waals surface area contributed by atoms with Gasteiger partial charge in [-0.25, -0.2) is 4.79 Å². The van der Waals surface area contributed by atoms with Crippen LogP contribution in [-0.2, 0) is 4.79 Å². The first kappa shape index (κ1) is 18.0. The molecule has 7 heteroatoms. The van der Waals surface area contributed by atoms with Gasteiger partial charge in [-0.2, -0.15) is 0 Å².